The molecule has 13 heavy (non-hydrogen) atoms. The molecule has 0 aromatic rings. The van der Waals surface area contributed by atoms with Gasteiger partial charge in [-0.25, -0.2) is 0 Å². The Balaban J connectivity index is 2.07. The summed E-state index contributed by atoms with van der Waals surface area (Å²) in [5, 5.41) is 9.67. The monoisotopic (exact) mass is 180 g/mol. The molecule has 0 aliphatic heterocycles. The minimum atomic E-state index is -0.107. The number of rotatable bonds is 4. The molecule has 0 bridgehead atoms. The maximum absolute atomic E-state index is 9.67. The first-order valence-corrected chi connectivity index (χ1v) is 5.40. The summed E-state index contributed by atoms with van der Waals surface area (Å²) < 4.78 is 0. The lowest BCUT2D eigenvalue weighted by Crippen LogP contribution is -2.11. The molecule has 0 aromatic carbocycles. The van der Waals surface area contributed by atoms with Crippen molar-refractivity contribution in [2.75, 3.05) is 0 Å². The third-order valence-corrected chi connectivity index (χ3v) is 2.86. The molecule has 1 atom stereocenters. The maximum Gasteiger partial charge on any atom is 0.0552 e. The van der Waals surface area contributed by atoms with Crippen molar-refractivity contribution >= 4 is 0 Å². The summed E-state index contributed by atoms with van der Waals surface area (Å²) in [6.45, 7) is 1.85. The van der Waals surface area contributed by atoms with E-state index in [9.17, 15) is 5.11 Å². The van der Waals surface area contributed by atoms with Gasteiger partial charge in [-0.1, -0.05) is 25.7 Å². The molecule has 1 nitrogen and oxygen atoms in total. The smallest absolute Gasteiger partial charge is 0.0552 e. The Morgan fingerprint density at radius 3 is 2.69 bits per heavy atom. The zero-order valence-corrected chi connectivity index (χ0v) is 8.55. The van der Waals surface area contributed by atoms with Crippen LogP contribution in [0.15, 0.2) is 0 Å². The highest BCUT2D eigenvalue weighted by atomic mass is 16.3. The third-order valence-electron chi connectivity index (χ3n) is 2.86. The lowest BCUT2D eigenvalue weighted by atomic mass is 9.98. The zero-order chi connectivity index (χ0) is 9.52. The van der Waals surface area contributed by atoms with E-state index >= 15 is 0 Å². The topological polar surface area (TPSA) is 20.2 Å². The largest absolute Gasteiger partial charge is 0.393 e. The highest BCUT2D eigenvalue weighted by Crippen LogP contribution is 2.29. The fourth-order valence-corrected chi connectivity index (χ4v) is 2.11. The number of aliphatic hydroxyl groups is 1. The van der Waals surface area contributed by atoms with E-state index in [2.05, 4.69) is 11.8 Å². The van der Waals surface area contributed by atoms with Gasteiger partial charge in [-0.3, -0.25) is 0 Å². The van der Waals surface area contributed by atoms with E-state index < -0.39 is 0 Å². The Morgan fingerprint density at radius 1 is 1.38 bits per heavy atom. The molecule has 1 rings (SSSR count). The molecule has 74 valence electrons. The molecule has 0 aromatic heterocycles. The van der Waals surface area contributed by atoms with Gasteiger partial charge in [-0.2, -0.15) is 0 Å². The van der Waals surface area contributed by atoms with Gasteiger partial charge < -0.3 is 5.11 Å². The van der Waals surface area contributed by atoms with Crippen LogP contribution in [0.25, 0.3) is 0 Å². The molecule has 1 unspecified atom stereocenters. The van der Waals surface area contributed by atoms with Gasteiger partial charge in [0.15, 0.2) is 0 Å². The summed E-state index contributed by atoms with van der Waals surface area (Å²) in [4.78, 5) is 0. The Kier molecular flexibility index (Phi) is 4.93. The van der Waals surface area contributed by atoms with Crippen LogP contribution in [-0.2, 0) is 0 Å². The molecule has 1 N–H and O–H groups in total. The number of aliphatic hydroxyl groups excluding tert-OH is 1. The highest BCUT2D eigenvalue weighted by Gasteiger charge is 2.18. The molecule has 1 fully saturated rings. The lowest BCUT2D eigenvalue weighted by molar-refractivity contribution is 0.135. The zero-order valence-electron chi connectivity index (χ0n) is 8.55. The second kappa shape index (κ2) is 6.05. The Morgan fingerprint density at radius 2 is 2.08 bits per heavy atom. The van der Waals surface area contributed by atoms with Crippen molar-refractivity contribution < 1.29 is 5.11 Å². The molecule has 0 radical (unpaired) electrons. The van der Waals surface area contributed by atoms with Crippen molar-refractivity contribution in [3.63, 3.8) is 0 Å². The lowest BCUT2D eigenvalue weighted by Gasteiger charge is -2.13. The second-order valence-corrected chi connectivity index (χ2v) is 4.01. The summed E-state index contributed by atoms with van der Waals surface area (Å²) in [7, 11) is 0. The first-order chi connectivity index (χ1) is 6.33. The van der Waals surface area contributed by atoms with Crippen LogP contribution in [0.2, 0.25) is 0 Å². The van der Waals surface area contributed by atoms with E-state index in [1.807, 2.05) is 6.92 Å². The molecule has 0 saturated heterocycles. The van der Waals surface area contributed by atoms with Gasteiger partial charge in [0.1, 0.15) is 0 Å². The minimum absolute atomic E-state index is 0.107. The van der Waals surface area contributed by atoms with Crippen molar-refractivity contribution in [2.45, 2.75) is 58.0 Å². The molecule has 0 spiro atoms. The third kappa shape index (κ3) is 4.33. The van der Waals surface area contributed by atoms with E-state index in [0.717, 1.165) is 25.2 Å². The standard InChI is InChI=1S/C12H20O/c1-2-3-4-9-12(13)10-11-7-5-6-8-11/h11-13H,4-10H2,1H3. The average molecular weight is 180 g/mol. The molecule has 1 heteroatoms. The predicted molar refractivity (Wildman–Crippen MR) is 55.3 cm³/mol. The maximum atomic E-state index is 9.67. The molecule has 0 amide bonds. The van der Waals surface area contributed by atoms with E-state index in [1.165, 1.54) is 25.7 Å². The number of hydrogen-bond acceptors (Lipinski definition) is 1. The van der Waals surface area contributed by atoms with Crippen molar-refractivity contribution in [1.82, 2.24) is 0 Å². The van der Waals surface area contributed by atoms with Crippen LogP contribution in [0.1, 0.15) is 51.9 Å². The molecule has 1 aliphatic carbocycles. The summed E-state index contributed by atoms with van der Waals surface area (Å²) in [6.07, 6.45) is 8.00. The van der Waals surface area contributed by atoms with Crippen LogP contribution in [0.3, 0.4) is 0 Å². The summed E-state index contributed by atoms with van der Waals surface area (Å²) in [5.41, 5.74) is 0. The molecular weight excluding hydrogens is 160 g/mol. The van der Waals surface area contributed by atoms with Gasteiger partial charge in [-0.15, -0.1) is 11.8 Å². The molecular formula is C12H20O. The molecule has 0 heterocycles. The second-order valence-electron chi connectivity index (χ2n) is 4.01. The Labute approximate surface area is 81.5 Å². The summed E-state index contributed by atoms with van der Waals surface area (Å²) in [6, 6.07) is 0. The SMILES string of the molecule is CC#CCCC(O)CC1CCCC1. The van der Waals surface area contributed by atoms with Crippen molar-refractivity contribution in [1.29, 1.82) is 0 Å². The quantitative estimate of drug-likeness (QED) is 0.659. The van der Waals surface area contributed by atoms with Crippen LogP contribution in [0.4, 0.5) is 0 Å². The van der Waals surface area contributed by atoms with Crippen LogP contribution in [0, 0.1) is 17.8 Å². The van der Waals surface area contributed by atoms with Crippen LogP contribution in [0.5, 0.6) is 0 Å². The molecule has 1 saturated carbocycles. The van der Waals surface area contributed by atoms with Crippen LogP contribution in [-0.4, -0.2) is 11.2 Å². The summed E-state index contributed by atoms with van der Waals surface area (Å²) in [5.74, 6) is 6.65. The van der Waals surface area contributed by atoms with Gasteiger partial charge in [0, 0.05) is 6.42 Å². The van der Waals surface area contributed by atoms with E-state index in [1.54, 1.807) is 0 Å². The van der Waals surface area contributed by atoms with Crippen LogP contribution < -0.4 is 0 Å². The van der Waals surface area contributed by atoms with Gasteiger partial charge in [0.25, 0.3) is 0 Å². The van der Waals surface area contributed by atoms with Crippen molar-refractivity contribution in [3.05, 3.63) is 0 Å². The Bertz CT molecular complexity index is 181. The summed E-state index contributed by atoms with van der Waals surface area (Å²) >= 11 is 0. The van der Waals surface area contributed by atoms with Crippen molar-refractivity contribution in [3.8, 4) is 11.8 Å². The van der Waals surface area contributed by atoms with Crippen LogP contribution >= 0.6 is 0 Å². The predicted octanol–water partition coefficient (Wildman–Crippen LogP) is 2.73. The number of hydrogen-bond donors (Lipinski definition) is 1. The minimum Gasteiger partial charge on any atom is -0.393 e. The Hall–Kier alpha value is -0.480. The van der Waals surface area contributed by atoms with E-state index in [-0.39, 0.29) is 6.10 Å². The first kappa shape index (κ1) is 10.6. The fourth-order valence-electron chi connectivity index (χ4n) is 2.11. The average Bonchev–Trinajstić information content (AvgIpc) is 2.57. The highest BCUT2D eigenvalue weighted by molar-refractivity contribution is 4.95. The normalized spacial score (nSPS) is 19.5. The fraction of sp³-hybridized carbons (Fsp3) is 0.833. The van der Waals surface area contributed by atoms with Gasteiger partial charge in [-0.05, 0) is 25.7 Å². The van der Waals surface area contributed by atoms with E-state index in [4.69, 9.17) is 0 Å². The van der Waals surface area contributed by atoms with Crippen molar-refractivity contribution in [2.24, 2.45) is 5.92 Å². The van der Waals surface area contributed by atoms with E-state index in [0.29, 0.717) is 0 Å². The van der Waals surface area contributed by atoms with Gasteiger partial charge >= 0.3 is 0 Å². The molecule has 1 aliphatic rings. The van der Waals surface area contributed by atoms with Gasteiger partial charge in [0.05, 0.1) is 6.10 Å². The first-order valence-electron chi connectivity index (χ1n) is 5.40. The van der Waals surface area contributed by atoms with Gasteiger partial charge in [0.2, 0.25) is 0 Å².